The van der Waals surface area contributed by atoms with Gasteiger partial charge in [0.2, 0.25) is 0 Å². The molecule has 0 unspecified atom stereocenters. The van der Waals surface area contributed by atoms with E-state index in [9.17, 15) is 0 Å². The van der Waals surface area contributed by atoms with Gasteiger partial charge < -0.3 is 5.32 Å². The van der Waals surface area contributed by atoms with Crippen LogP contribution in [0.2, 0.25) is 0 Å². The largest absolute Gasteiger partial charge is 0.310 e. The minimum Gasteiger partial charge on any atom is -0.310 e. The fourth-order valence-corrected chi connectivity index (χ4v) is 2.14. The Hall–Kier alpha value is -0.930. The van der Waals surface area contributed by atoms with Gasteiger partial charge in [-0.05, 0) is 33.2 Å². The summed E-state index contributed by atoms with van der Waals surface area (Å²) >= 11 is 0. The van der Waals surface area contributed by atoms with Crippen LogP contribution in [0.4, 0.5) is 0 Å². The number of aromatic nitrogens is 1. The first-order chi connectivity index (χ1) is 7.52. The summed E-state index contributed by atoms with van der Waals surface area (Å²) in [5.41, 5.74) is 1.12. The van der Waals surface area contributed by atoms with Crippen LogP contribution in [-0.4, -0.2) is 36.1 Å². The predicted octanol–water partition coefficient (Wildman–Crippen LogP) is 2.07. The summed E-state index contributed by atoms with van der Waals surface area (Å²) in [6, 6.07) is 7.26. The third-order valence-corrected chi connectivity index (χ3v) is 2.62. The first-order valence-corrected chi connectivity index (χ1v) is 5.85. The van der Waals surface area contributed by atoms with E-state index in [1.807, 2.05) is 18.3 Å². The van der Waals surface area contributed by atoms with Crippen molar-refractivity contribution in [3.05, 3.63) is 30.1 Å². The Labute approximate surface area is 98.9 Å². The van der Waals surface area contributed by atoms with Crippen LogP contribution in [0.25, 0.3) is 0 Å². The van der Waals surface area contributed by atoms with E-state index >= 15 is 0 Å². The molecule has 0 fully saturated rings. The van der Waals surface area contributed by atoms with Gasteiger partial charge in [0.05, 0.1) is 11.7 Å². The average molecular weight is 221 g/mol. The van der Waals surface area contributed by atoms with Crippen molar-refractivity contribution in [3.8, 4) is 0 Å². The van der Waals surface area contributed by atoms with Crippen molar-refractivity contribution in [2.24, 2.45) is 0 Å². The van der Waals surface area contributed by atoms with Gasteiger partial charge >= 0.3 is 0 Å². The molecule has 0 bridgehead atoms. The van der Waals surface area contributed by atoms with Crippen LogP contribution in [0.15, 0.2) is 24.4 Å². The van der Waals surface area contributed by atoms with E-state index < -0.39 is 0 Å². The standard InChI is InChI=1S/C13H23N3/c1-10(2)15-11(3)13(16(4)5)12-8-6-7-9-14-12/h6-11,13,15H,1-5H3/t11-,13+/m0/s1. The number of rotatable bonds is 5. The highest BCUT2D eigenvalue weighted by atomic mass is 15.2. The third kappa shape index (κ3) is 3.58. The molecule has 0 radical (unpaired) electrons. The molecule has 1 aromatic heterocycles. The molecular formula is C13H23N3. The van der Waals surface area contributed by atoms with Crippen molar-refractivity contribution in [1.29, 1.82) is 0 Å². The normalized spacial score (nSPS) is 15.4. The second-order valence-electron chi connectivity index (χ2n) is 4.77. The predicted molar refractivity (Wildman–Crippen MR) is 68.4 cm³/mol. The minimum atomic E-state index is 0.309. The molecule has 90 valence electrons. The zero-order valence-electron chi connectivity index (χ0n) is 10.9. The van der Waals surface area contributed by atoms with Crippen molar-refractivity contribution >= 4 is 0 Å². The van der Waals surface area contributed by atoms with E-state index in [1.165, 1.54) is 0 Å². The van der Waals surface area contributed by atoms with Crippen LogP contribution < -0.4 is 5.32 Å². The maximum atomic E-state index is 4.45. The molecule has 0 aliphatic rings. The molecule has 3 nitrogen and oxygen atoms in total. The van der Waals surface area contributed by atoms with Crippen LogP contribution in [0.1, 0.15) is 32.5 Å². The van der Waals surface area contributed by atoms with Gasteiger partial charge in [0, 0.05) is 18.3 Å². The summed E-state index contributed by atoms with van der Waals surface area (Å²) in [4.78, 5) is 6.66. The van der Waals surface area contributed by atoms with E-state index in [0.717, 1.165) is 5.69 Å². The lowest BCUT2D eigenvalue weighted by Gasteiger charge is -2.31. The summed E-state index contributed by atoms with van der Waals surface area (Å²) in [6.45, 7) is 6.54. The quantitative estimate of drug-likeness (QED) is 0.825. The van der Waals surface area contributed by atoms with E-state index in [2.05, 4.69) is 56.1 Å². The maximum Gasteiger partial charge on any atom is 0.0668 e. The molecule has 0 saturated carbocycles. The molecule has 1 aromatic rings. The number of nitrogens with zero attached hydrogens (tertiary/aromatic N) is 2. The molecule has 1 rings (SSSR count). The summed E-state index contributed by atoms with van der Waals surface area (Å²) in [7, 11) is 4.19. The third-order valence-electron chi connectivity index (χ3n) is 2.62. The van der Waals surface area contributed by atoms with Gasteiger partial charge in [-0.25, -0.2) is 0 Å². The Morgan fingerprint density at radius 3 is 2.31 bits per heavy atom. The number of nitrogens with one attached hydrogen (secondary N) is 1. The molecule has 2 atom stereocenters. The second kappa shape index (κ2) is 5.97. The second-order valence-corrected chi connectivity index (χ2v) is 4.77. The first kappa shape index (κ1) is 13.1. The van der Waals surface area contributed by atoms with E-state index in [-0.39, 0.29) is 0 Å². The molecule has 1 N–H and O–H groups in total. The summed E-state index contributed by atoms with van der Waals surface area (Å²) in [5.74, 6) is 0. The van der Waals surface area contributed by atoms with Gasteiger partial charge in [-0.1, -0.05) is 19.9 Å². The van der Waals surface area contributed by atoms with Crippen LogP contribution in [-0.2, 0) is 0 Å². The number of pyridine rings is 1. The zero-order chi connectivity index (χ0) is 12.1. The highest BCUT2D eigenvalue weighted by Gasteiger charge is 2.22. The number of likely N-dealkylation sites (N-methyl/N-ethyl adjacent to an activating group) is 1. The SMILES string of the molecule is CC(C)N[C@@H](C)[C@H](c1ccccn1)N(C)C. The van der Waals surface area contributed by atoms with Gasteiger partial charge in [-0.3, -0.25) is 9.88 Å². The summed E-state index contributed by atoms with van der Waals surface area (Å²) in [5, 5.41) is 3.54. The lowest BCUT2D eigenvalue weighted by molar-refractivity contribution is 0.228. The zero-order valence-corrected chi connectivity index (χ0v) is 10.9. The van der Waals surface area contributed by atoms with E-state index in [4.69, 9.17) is 0 Å². The average Bonchev–Trinajstić information content (AvgIpc) is 2.17. The van der Waals surface area contributed by atoms with Gasteiger partial charge in [0.1, 0.15) is 0 Å². The molecule has 0 saturated heterocycles. The molecule has 0 aliphatic heterocycles. The lowest BCUT2D eigenvalue weighted by Crippen LogP contribution is -2.42. The highest BCUT2D eigenvalue weighted by molar-refractivity contribution is 5.11. The fraction of sp³-hybridized carbons (Fsp3) is 0.615. The van der Waals surface area contributed by atoms with Crippen LogP contribution >= 0.6 is 0 Å². The Kier molecular flexibility index (Phi) is 4.90. The minimum absolute atomic E-state index is 0.309. The van der Waals surface area contributed by atoms with Crippen molar-refractivity contribution in [2.75, 3.05) is 14.1 Å². The summed E-state index contributed by atoms with van der Waals surface area (Å²) < 4.78 is 0. The maximum absolute atomic E-state index is 4.45. The van der Waals surface area contributed by atoms with E-state index in [1.54, 1.807) is 0 Å². The molecule has 0 aliphatic carbocycles. The van der Waals surface area contributed by atoms with Crippen LogP contribution in [0.5, 0.6) is 0 Å². The van der Waals surface area contributed by atoms with Gasteiger partial charge in [-0.15, -0.1) is 0 Å². The van der Waals surface area contributed by atoms with Crippen molar-refractivity contribution < 1.29 is 0 Å². The van der Waals surface area contributed by atoms with Crippen LogP contribution in [0.3, 0.4) is 0 Å². The van der Waals surface area contributed by atoms with Crippen molar-refractivity contribution in [1.82, 2.24) is 15.2 Å². The topological polar surface area (TPSA) is 28.2 Å². The molecule has 0 spiro atoms. The molecule has 0 amide bonds. The Morgan fingerprint density at radius 2 is 1.88 bits per heavy atom. The Bertz CT molecular complexity index is 295. The Balaban J connectivity index is 2.83. The van der Waals surface area contributed by atoms with Gasteiger partial charge in [0.15, 0.2) is 0 Å². The highest BCUT2D eigenvalue weighted by Crippen LogP contribution is 2.19. The molecular weight excluding hydrogens is 198 g/mol. The number of hydrogen-bond acceptors (Lipinski definition) is 3. The Morgan fingerprint density at radius 1 is 1.19 bits per heavy atom. The first-order valence-electron chi connectivity index (χ1n) is 5.85. The molecule has 0 aromatic carbocycles. The lowest BCUT2D eigenvalue weighted by atomic mass is 10.0. The monoisotopic (exact) mass is 221 g/mol. The molecule has 1 heterocycles. The van der Waals surface area contributed by atoms with Crippen molar-refractivity contribution in [2.45, 2.75) is 38.9 Å². The smallest absolute Gasteiger partial charge is 0.0668 e. The van der Waals surface area contributed by atoms with Crippen molar-refractivity contribution in [3.63, 3.8) is 0 Å². The van der Waals surface area contributed by atoms with Gasteiger partial charge in [-0.2, -0.15) is 0 Å². The van der Waals surface area contributed by atoms with Gasteiger partial charge in [0.25, 0.3) is 0 Å². The summed E-state index contributed by atoms with van der Waals surface area (Å²) in [6.07, 6.45) is 1.86. The molecule has 3 heteroatoms. The van der Waals surface area contributed by atoms with Crippen LogP contribution in [0, 0.1) is 0 Å². The fourth-order valence-electron chi connectivity index (χ4n) is 2.14. The molecule has 16 heavy (non-hydrogen) atoms. The van der Waals surface area contributed by atoms with E-state index in [0.29, 0.717) is 18.1 Å². The number of hydrogen-bond donors (Lipinski definition) is 1.